The Morgan fingerprint density at radius 3 is 2.54 bits per heavy atom. The fraction of sp³-hybridized carbons (Fsp3) is 0.308. The quantitative estimate of drug-likeness (QED) is 0.602. The minimum Gasteiger partial charge on any atom is -0.388 e. The van der Waals surface area contributed by atoms with Crippen molar-refractivity contribution in [2.45, 2.75) is 40.2 Å². The minimum absolute atomic E-state index is 0.211. The van der Waals surface area contributed by atoms with Gasteiger partial charge in [-0.2, -0.15) is 0 Å². The lowest BCUT2D eigenvalue weighted by molar-refractivity contribution is 0.400. The van der Waals surface area contributed by atoms with Crippen LogP contribution in [0.4, 0.5) is 5.69 Å². The van der Waals surface area contributed by atoms with Gasteiger partial charge in [-0.05, 0) is 60.0 Å². The lowest BCUT2D eigenvalue weighted by atomic mass is 9.87. The van der Waals surface area contributed by atoms with Crippen molar-refractivity contribution in [2.75, 3.05) is 19.4 Å². The number of hydrogen-bond donors (Lipinski definition) is 1. The monoisotopic (exact) mass is 374 g/mol. The van der Waals surface area contributed by atoms with Gasteiger partial charge in [-0.1, -0.05) is 69.3 Å². The van der Waals surface area contributed by atoms with Gasteiger partial charge in [0.15, 0.2) is 0 Å². The summed E-state index contributed by atoms with van der Waals surface area (Å²) in [5, 5.41) is 3.30. The van der Waals surface area contributed by atoms with Crippen molar-refractivity contribution in [3.63, 3.8) is 0 Å². The maximum absolute atomic E-state index is 4.26. The van der Waals surface area contributed by atoms with Crippen LogP contribution in [-0.2, 0) is 0 Å². The van der Waals surface area contributed by atoms with Crippen LogP contribution in [0.1, 0.15) is 55.5 Å². The second-order valence-electron chi connectivity index (χ2n) is 6.91. The van der Waals surface area contributed by atoms with E-state index in [0.29, 0.717) is 0 Å². The molecule has 2 heteroatoms. The minimum atomic E-state index is 0.211. The number of allylic oxidation sites excluding steroid dienone is 3. The molecule has 1 aliphatic heterocycles. The highest BCUT2D eigenvalue weighted by Crippen LogP contribution is 2.39. The molecular formula is C26H34N2. The van der Waals surface area contributed by atoms with Crippen molar-refractivity contribution >= 4 is 16.8 Å². The predicted octanol–water partition coefficient (Wildman–Crippen LogP) is 7.07. The van der Waals surface area contributed by atoms with Gasteiger partial charge in [0.05, 0.1) is 6.04 Å². The van der Waals surface area contributed by atoms with E-state index in [2.05, 4.69) is 98.5 Å². The van der Waals surface area contributed by atoms with Gasteiger partial charge < -0.3 is 10.2 Å². The molecule has 0 fully saturated rings. The number of likely N-dealkylation sites (N-methyl/N-ethyl adjacent to an activating group) is 1. The number of aryl methyl sites for hydroxylation is 1. The summed E-state index contributed by atoms with van der Waals surface area (Å²) < 4.78 is 0. The van der Waals surface area contributed by atoms with Crippen molar-refractivity contribution in [1.82, 2.24) is 4.90 Å². The molecule has 0 saturated heterocycles. The molecule has 1 heterocycles. The smallest absolute Gasteiger partial charge is 0.0793 e. The molecule has 1 unspecified atom stereocenters. The van der Waals surface area contributed by atoms with Gasteiger partial charge in [0.25, 0.3) is 0 Å². The number of nitrogens with one attached hydrogen (secondary N) is 1. The molecule has 148 valence electrons. The zero-order chi connectivity index (χ0) is 20.7. The molecule has 2 aromatic carbocycles. The van der Waals surface area contributed by atoms with E-state index in [1.54, 1.807) is 0 Å². The van der Waals surface area contributed by atoms with E-state index in [0.717, 1.165) is 17.7 Å². The van der Waals surface area contributed by atoms with Crippen LogP contribution in [0.3, 0.4) is 0 Å². The molecule has 0 aromatic heterocycles. The van der Waals surface area contributed by atoms with Crippen molar-refractivity contribution in [3.05, 3.63) is 89.6 Å². The molecule has 0 amide bonds. The molecule has 2 nitrogen and oxygen atoms in total. The fourth-order valence-corrected chi connectivity index (χ4v) is 3.61. The average Bonchev–Trinajstić information content (AvgIpc) is 2.74. The molecule has 1 N–H and O–H groups in total. The first-order valence-electron chi connectivity index (χ1n) is 10.2. The summed E-state index contributed by atoms with van der Waals surface area (Å²) in [6.45, 7) is 12.6. The van der Waals surface area contributed by atoms with Gasteiger partial charge in [0, 0.05) is 25.3 Å². The number of rotatable bonds is 5. The van der Waals surface area contributed by atoms with Gasteiger partial charge in [-0.3, -0.25) is 0 Å². The van der Waals surface area contributed by atoms with E-state index in [1.807, 2.05) is 20.9 Å². The molecule has 3 rings (SSSR count). The van der Waals surface area contributed by atoms with Gasteiger partial charge >= 0.3 is 0 Å². The molecule has 1 atom stereocenters. The Kier molecular flexibility index (Phi) is 7.69. The third-order valence-corrected chi connectivity index (χ3v) is 5.09. The summed E-state index contributed by atoms with van der Waals surface area (Å²) in [6, 6.07) is 15.6. The summed E-state index contributed by atoms with van der Waals surface area (Å²) in [5.74, 6) is 0. The number of hydrogen-bond acceptors (Lipinski definition) is 2. The summed E-state index contributed by atoms with van der Waals surface area (Å²) in [4.78, 5) is 2.28. The Labute approximate surface area is 171 Å². The van der Waals surface area contributed by atoms with E-state index in [4.69, 9.17) is 0 Å². The lowest BCUT2D eigenvalue weighted by Crippen LogP contribution is -2.22. The predicted molar refractivity (Wildman–Crippen MR) is 125 cm³/mol. The third-order valence-electron chi connectivity index (χ3n) is 5.09. The van der Waals surface area contributed by atoms with Crippen LogP contribution >= 0.6 is 0 Å². The van der Waals surface area contributed by atoms with Gasteiger partial charge in [0.1, 0.15) is 0 Å². The third kappa shape index (κ3) is 4.56. The topological polar surface area (TPSA) is 15.3 Å². The van der Waals surface area contributed by atoms with Crippen molar-refractivity contribution in [2.24, 2.45) is 0 Å². The second-order valence-corrected chi connectivity index (χ2v) is 6.91. The van der Waals surface area contributed by atoms with Gasteiger partial charge in [0.2, 0.25) is 0 Å². The van der Waals surface area contributed by atoms with Crippen LogP contribution in [0.15, 0.2) is 67.4 Å². The summed E-state index contributed by atoms with van der Waals surface area (Å²) in [7, 11) is 4.11. The van der Waals surface area contributed by atoms with Crippen molar-refractivity contribution < 1.29 is 0 Å². The first kappa shape index (κ1) is 21.6. The zero-order valence-electron chi connectivity index (χ0n) is 18.2. The summed E-state index contributed by atoms with van der Waals surface area (Å²) in [5.41, 5.74) is 8.65. The molecule has 28 heavy (non-hydrogen) atoms. The summed E-state index contributed by atoms with van der Waals surface area (Å²) in [6.07, 6.45) is 7.45. The molecule has 0 aliphatic carbocycles. The Balaban J connectivity index is 0.00000136. The molecule has 2 aromatic rings. The maximum atomic E-state index is 4.26. The maximum Gasteiger partial charge on any atom is 0.0793 e. The Morgan fingerprint density at radius 2 is 1.89 bits per heavy atom. The van der Waals surface area contributed by atoms with Crippen LogP contribution in [0.25, 0.3) is 11.1 Å². The van der Waals surface area contributed by atoms with Crippen LogP contribution < -0.4 is 5.32 Å². The standard InChI is InChI=1S/C24H28N2.C2H6/c1-6-18(3)22-16-19(12-13-23(22)25-4)21-11-8-14-26(5)24(21)20-10-7-9-17(2)15-20;1-2/h7-16,24-25H,3,6H2,1-2,4-5H3;1-2H3. The molecular weight excluding hydrogens is 340 g/mol. The van der Waals surface area contributed by atoms with E-state index in [-0.39, 0.29) is 6.04 Å². The van der Waals surface area contributed by atoms with Gasteiger partial charge in [-0.25, -0.2) is 0 Å². The Bertz CT molecular complexity index is 874. The van der Waals surface area contributed by atoms with Crippen LogP contribution in [0.5, 0.6) is 0 Å². The fourth-order valence-electron chi connectivity index (χ4n) is 3.61. The number of benzene rings is 2. The average molecular weight is 375 g/mol. The SMILES string of the molecule is C=C(CC)c1cc(C2=CC=CN(C)C2c2cccc(C)c2)ccc1NC.CC. The molecule has 0 saturated carbocycles. The van der Waals surface area contributed by atoms with E-state index in [1.165, 1.54) is 27.8 Å². The normalized spacial score (nSPS) is 15.4. The van der Waals surface area contributed by atoms with Crippen LogP contribution in [0, 0.1) is 6.92 Å². The first-order chi connectivity index (χ1) is 13.5. The highest BCUT2D eigenvalue weighted by Gasteiger charge is 2.23. The molecule has 0 radical (unpaired) electrons. The first-order valence-corrected chi connectivity index (χ1v) is 10.2. The summed E-state index contributed by atoms with van der Waals surface area (Å²) >= 11 is 0. The molecule has 0 spiro atoms. The van der Waals surface area contributed by atoms with Gasteiger partial charge in [-0.15, -0.1) is 0 Å². The largest absolute Gasteiger partial charge is 0.388 e. The Hall–Kier alpha value is -2.74. The van der Waals surface area contributed by atoms with Crippen molar-refractivity contribution in [1.29, 1.82) is 0 Å². The zero-order valence-corrected chi connectivity index (χ0v) is 18.2. The molecule has 0 bridgehead atoms. The van der Waals surface area contributed by atoms with E-state index < -0.39 is 0 Å². The highest BCUT2D eigenvalue weighted by molar-refractivity contribution is 5.81. The van der Waals surface area contributed by atoms with Crippen molar-refractivity contribution in [3.8, 4) is 0 Å². The number of nitrogens with zero attached hydrogens (tertiary/aromatic N) is 1. The van der Waals surface area contributed by atoms with E-state index in [9.17, 15) is 0 Å². The lowest BCUT2D eigenvalue weighted by Gasteiger charge is -2.33. The van der Waals surface area contributed by atoms with Crippen LogP contribution in [-0.4, -0.2) is 19.0 Å². The van der Waals surface area contributed by atoms with E-state index >= 15 is 0 Å². The molecule has 1 aliphatic rings. The van der Waals surface area contributed by atoms with Crippen LogP contribution in [0.2, 0.25) is 0 Å². The second kappa shape index (κ2) is 9.98. The Morgan fingerprint density at radius 1 is 1.14 bits per heavy atom. The highest BCUT2D eigenvalue weighted by atomic mass is 15.1. The number of anilines is 1.